The molecule has 0 heterocycles. The Balaban J connectivity index is 3.06. The molecule has 0 radical (unpaired) electrons. The highest BCUT2D eigenvalue weighted by Gasteiger charge is 2.04. The average Bonchev–Trinajstić information content (AvgIpc) is 1.83. The minimum atomic E-state index is -0.151. The van der Waals surface area contributed by atoms with Crippen LogP contribution in [0.1, 0.15) is 20.3 Å². The number of alkyl halides is 1. The first-order chi connectivity index (χ1) is 4.16. The predicted octanol–water partition coefficient (Wildman–Crippen LogP) is 1.58. The topological polar surface area (TPSA) is 20.2 Å². The van der Waals surface area contributed by atoms with Gasteiger partial charge in [-0.3, -0.25) is 0 Å². The molecule has 0 aliphatic heterocycles. The Kier molecular flexibility index (Phi) is 6.58. The standard InChI is InChI=1S/C5H12BIOS/c1-3-5(8)9-6-4(2)7/h4-6,8H,3H2,1-2H3. The molecule has 1 N–H and O–H groups in total. The summed E-state index contributed by atoms with van der Waals surface area (Å²) in [5, 5.41) is 9.07. The van der Waals surface area contributed by atoms with Gasteiger partial charge in [0, 0.05) is 0 Å². The largest absolute Gasteiger partial charge is 0.383 e. The molecule has 0 bridgehead atoms. The Morgan fingerprint density at radius 2 is 2.33 bits per heavy atom. The Hall–Kier alpha value is 1.10. The van der Waals surface area contributed by atoms with Crippen molar-refractivity contribution in [1.29, 1.82) is 0 Å². The van der Waals surface area contributed by atoms with E-state index < -0.39 is 0 Å². The van der Waals surface area contributed by atoms with Crippen LogP contribution in [0.2, 0.25) is 0 Å². The molecule has 2 unspecified atom stereocenters. The van der Waals surface area contributed by atoms with Gasteiger partial charge in [0.25, 0.3) is 0 Å². The van der Waals surface area contributed by atoms with E-state index in [0.717, 1.165) is 13.0 Å². The molecule has 0 aromatic rings. The third kappa shape index (κ3) is 7.00. The van der Waals surface area contributed by atoms with E-state index in [0.29, 0.717) is 3.82 Å². The molecule has 1 nitrogen and oxygen atoms in total. The normalized spacial score (nSPS) is 16.9. The maximum absolute atomic E-state index is 9.07. The first kappa shape index (κ1) is 10.1. The van der Waals surface area contributed by atoms with Crippen LogP contribution in [0.4, 0.5) is 0 Å². The molecule has 0 rings (SSSR count). The van der Waals surface area contributed by atoms with Crippen molar-refractivity contribution >= 4 is 40.8 Å². The molecule has 0 aliphatic rings. The SMILES string of the molecule is CCC(O)SBC(C)I. The van der Waals surface area contributed by atoms with Crippen molar-refractivity contribution in [3.8, 4) is 0 Å². The van der Waals surface area contributed by atoms with Crippen LogP contribution in [-0.2, 0) is 0 Å². The van der Waals surface area contributed by atoms with Gasteiger partial charge in [-0.15, -0.1) is 0 Å². The van der Waals surface area contributed by atoms with Gasteiger partial charge in [-0.05, 0) is 10.2 Å². The molecule has 0 saturated carbocycles. The molecule has 0 fully saturated rings. The molecule has 2 atom stereocenters. The van der Waals surface area contributed by atoms with Crippen molar-refractivity contribution in [3.05, 3.63) is 0 Å². The van der Waals surface area contributed by atoms with E-state index in [1.807, 2.05) is 6.92 Å². The predicted molar refractivity (Wildman–Crippen MR) is 54.5 cm³/mol. The van der Waals surface area contributed by atoms with E-state index in [1.54, 1.807) is 11.6 Å². The molecular formula is C5H12BIOS. The van der Waals surface area contributed by atoms with E-state index in [4.69, 9.17) is 5.11 Å². The van der Waals surface area contributed by atoms with Crippen LogP contribution in [-0.4, -0.2) is 20.9 Å². The van der Waals surface area contributed by atoms with Gasteiger partial charge in [-0.25, -0.2) is 0 Å². The summed E-state index contributed by atoms with van der Waals surface area (Å²) in [5.41, 5.74) is -0.151. The van der Waals surface area contributed by atoms with Crippen molar-refractivity contribution in [3.63, 3.8) is 0 Å². The van der Waals surface area contributed by atoms with Gasteiger partial charge >= 0.3 is 0 Å². The van der Waals surface area contributed by atoms with Crippen LogP contribution in [0.15, 0.2) is 0 Å². The number of aliphatic hydroxyl groups is 1. The number of aliphatic hydroxyl groups excluding tert-OH is 1. The van der Waals surface area contributed by atoms with Crippen molar-refractivity contribution in [2.45, 2.75) is 29.5 Å². The average molecular weight is 258 g/mol. The Bertz CT molecular complexity index is 72.0. The van der Waals surface area contributed by atoms with Crippen LogP contribution in [0.3, 0.4) is 0 Å². The van der Waals surface area contributed by atoms with Gasteiger partial charge < -0.3 is 5.11 Å². The zero-order chi connectivity index (χ0) is 7.28. The van der Waals surface area contributed by atoms with Gasteiger partial charge in [0.15, 0.2) is 0 Å². The summed E-state index contributed by atoms with van der Waals surface area (Å²) in [6.45, 7) is 5.20. The third-order valence-electron chi connectivity index (χ3n) is 0.868. The molecule has 54 valence electrons. The first-order valence-electron chi connectivity index (χ1n) is 3.10. The summed E-state index contributed by atoms with van der Waals surface area (Å²) < 4.78 is 0.661. The van der Waals surface area contributed by atoms with Crippen molar-refractivity contribution in [2.24, 2.45) is 0 Å². The second kappa shape index (κ2) is 5.86. The highest BCUT2D eigenvalue weighted by molar-refractivity contribution is 14.1. The van der Waals surface area contributed by atoms with E-state index in [2.05, 4.69) is 29.5 Å². The van der Waals surface area contributed by atoms with E-state index in [9.17, 15) is 0 Å². The molecule has 0 aromatic carbocycles. The van der Waals surface area contributed by atoms with Gasteiger partial charge in [0.2, 0.25) is 6.56 Å². The molecule has 0 amide bonds. The molecular weight excluding hydrogens is 246 g/mol. The van der Waals surface area contributed by atoms with Gasteiger partial charge in [0.1, 0.15) is 0 Å². The maximum Gasteiger partial charge on any atom is 0.207 e. The minimum Gasteiger partial charge on any atom is -0.383 e. The van der Waals surface area contributed by atoms with Crippen LogP contribution in [0.25, 0.3) is 0 Å². The molecule has 0 aliphatic carbocycles. The minimum absolute atomic E-state index is 0.151. The fraction of sp³-hybridized carbons (Fsp3) is 1.00. The van der Waals surface area contributed by atoms with Gasteiger partial charge in [0.05, 0.1) is 5.44 Å². The molecule has 0 saturated heterocycles. The summed E-state index contributed by atoms with van der Waals surface area (Å²) in [6, 6.07) is 0. The van der Waals surface area contributed by atoms with Crippen molar-refractivity contribution in [1.82, 2.24) is 0 Å². The lowest BCUT2D eigenvalue weighted by atomic mass is 10.1. The number of hydrogen-bond acceptors (Lipinski definition) is 2. The summed E-state index contributed by atoms with van der Waals surface area (Å²) in [7, 11) is 0. The third-order valence-corrected chi connectivity index (χ3v) is 3.32. The Labute approximate surface area is 75.3 Å². The number of rotatable bonds is 4. The highest BCUT2D eigenvalue weighted by Crippen LogP contribution is 2.13. The van der Waals surface area contributed by atoms with Crippen LogP contribution in [0, 0.1) is 0 Å². The first-order valence-corrected chi connectivity index (χ1v) is 5.40. The molecule has 9 heavy (non-hydrogen) atoms. The summed E-state index contributed by atoms with van der Waals surface area (Å²) in [4.78, 5) is 0. The highest BCUT2D eigenvalue weighted by atomic mass is 127. The Morgan fingerprint density at radius 1 is 1.78 bits per heavy atom. The van der Waals surface area contributed by atoms with Crippen LogP contribution in [0.5, 0.6) is 0 Å². The summed E-state index contributed by atoms with van der Waals surface area (Å²) in [6.07, 6.45) is 0.855. The van der Waals surface area contributed by atoms with Gasteiger partial charge in [-0.2, -0.15) is 11.6 Å². The van der Waals surface area contributed by atoms with Crippen LogP contribution >= 0.6 is 34.2 Å². The second-order valence-electron chi connectivity index (χ2n) is 1.98. The smallest absolute Gasteiger partial charge is 0.207 e. The zero-order valence-electron chi connectivity index (χ0n) is 5.80. The molecule has 0 spiro atoms. The monoisotopic (exact) mass is 258 g/mol. The van der Waals surface area contributed by atoms with Gasteiger partial charge in [-0.1, -0.05) is 36.4 Å². The van der Waals surface area contributed by atoms with E-state index in [1.165, 1.54) is 0 Å². The lowest BCUT2D eigenvalue weighted by Crippen LogP contribution is -2.06. The van der Waals surface area contributed by atoms with Crippen molar-refractivity contribution in [2.75, 3.05) is 0 Å². The fourth-order valence-electron chi connectivity index (χ4n) is 0.362. The lowest BCUT2D eigenvalue weighted by molar-refractivity contribution is 0.261. The van der Waals surface area contributed by atoms with Crippen LogP contribution < -0.4 is 0 Å². The quantitative estimate of drug-likeness (QED) is 0.357. The summed E-state index contributed by atoms with van der Waals surface area (Å²) >= 11 is 3.99. The zero-order valence-corrected chi connectivity index (χ0v) is 8.78. The molecule has 0 aromatic heterocycles. The lowest BCUT2D eigenvalue weighted by Gasteiger charge is -2.06. The maximum atomic E-state index is 9.07. The Morgan fingerprint density at radius 3 is 2.67 bits per heavy atom. The second-order valence-corrected chi connectivity index (χ2v) is 5.31. The fourth-order valence-corrected chi connectivity index (χ4v) is 1.71. The molecule has 4 heteroatoms. The summed E-state index contributed by atoms with van der Waals surface area (Å²) in [5.74, 6) is 0. The number of halogens is 1. The van der Waals surface area contributed by atoms with Crippen molar-refractivity contribution < 1.29 is 5.11 Å². The van der Waals surface area contributed by atoms with E-state index in [-0.39, 0.29) is 5.44 Å². The number of hydrogen-bond donors (Lipinski definition) is 1. The van der Waals surface area contributed by atoms with E-state index >= 15 is 0 Å².